The zero-order valence-corrected chi connectivity index (χ0v) is 8.67. The van der Waals surface area contributed by atoms with Crippen LogP contribution in [-0.4, -0.2) is 19.6 Å². The van der Waals surface area contributed by atoms with E-state index in [4.69, 9.17) is 10.6 Å². The van der Waals surface area contributed by atoms with E-state index < -0.39 is 0 Å². The Hall–Kier alpha value is -0.610. The fraction of sp³-hybridized carbons (Fsp3) is 0.889. The molecule has 1 unspecified atom stereocenters. The molecule has 0 rings (SSSR count). The molecule has 1 amide bonds. The van der Waals surface area contributed by atoms with Crippen LogP contribution in [0.3, 0.4) is 0 Å². The summed E-state index contributed by atoms with van der Waals surface area (Å²) in [5.74, 6) is 5.46. The zero-order chi connectivity index (χ0) is 10.3. The Balaban J connectivity index is 3.94. The molecule has 78 valence electrons. The van der Waals surface area contributed by atoms with Gasteiger partial charge in [-0.25, -0.2) is 5.84 Å². The highest BCUT2D eigenvalue weighted by molar-refractivity contribution is 5.77. The zero-order valence-electron chi connectivity index (χ0n) is 8.67. The van der Waals surface area contributed by atoms with Gasteiger partial charge in [-0.2, -0.15) is 0 Å². The van der Waals surface area contributed by atoms with Crippen LogP contribution in [-0.2, 0) is 9.53 Å². The first-order chi connectivity index (χ1) is 6.11. The summed E-state index contributed by atoms with van der Waals surface area (Å²) in [7, 11) is 1.63. The van der Waals surface area contributed by atoms with Crippen LogP contribution in [0.1, 0.15) is 26.7 Å². The Morgan fingerprint density at radius 3 is 2.54 bits per heavy atom. The molecule has 0 aromatic carbocycles. The molecule has 0 spiro atoms. The smallest absolute Gasteiger partial charge is 0.237 e. The van der Waals surface area contributed by atoms with Crippen molar-refractivity contribution in [2.75, 3.05) is 13.7 Å². The number of amides is 1. The van der Waals surface area contributed by atoms with Crippen molar-refractivity contribution in [1.82, 2.24) is 5.43 Å². The Kier molecular flexibility index (Phi) is 6.54. The molecule has 0 saturated carbocycles. The van der Waals surface area contributed by atoms with E-state index in [-0.39, 0.29) is 11.8 Å². The first kappa shape index (κ1) is 12.4. The van der Waals surface area contributed by atoms with E-state index in [1.807, 2.05) is 0 Å². The number of rotatable bonds is 6. The maximum absolute atomic E-state index is 11.3. The maximum Gasteiger partial charge on any atom is 0.237 e. The fourth-order valence-electron chi connectivity index (χ4n) is 1.30. The van der Waals surface area contributed by atoms with Crippen LogP contribution in [0.4, 0.5) is 0 Å². The van der Waals surface area contributed by atoms with Crippen molar-refractivity contribution >= 4 is 5.91 Å². The van der Waals surface area contributed by atoms with Crippen molar-refractivity contribution in [3.05, 3.63) is 0 Å². The lowest BCUT2D eigenvalue weighted by Crippen LogP contribution is -2.36. The number of hydrazine groups is 1. The predicted octanol–water partition coefficient (Wildman–Crippen LogP) is 0.675. The van der Waals surface area contributed by atoms with Gasteiger partial charge in [-0.1, -0.05) is 13.8 Å². The van der Waals surface area contributed by atoms with Crippen molar-refractivity contribution in [3.63, 3.8) is 0 Å². The van der Waals surface area contributed by atoms with Crippen molar-refractivity contribution in [2.24, 2.45) is 17.7 Å². The van der Waals surface area contributed by atoms with Crippen LogP contribution in [0.25, 0.3) is 0 Å². The van der Waals surface area contributed by atoms with Crippen LogP contribution in [0.5, 0.6) is 0 Å². The molecule has 0 aliphatic heterocycles. The molecule has 0 aromatic heterocycles. The second-order valence-electron chi connectivity index (χ2n) is 3.62. The molecule has 4 nitrogen and oxygen atoms in total. The summed E-state index contributed by atoms with van der Waals surface area (Å²) < 4.78 is 4.93. The van der Waals surface area contributed by atoms with E-state index in [0.717, 1.165) is 12.8 Å². The van der Waals surface area contributed by atoms with Crippen LogP contribution in [0, 0.1) is 11.8 Å². The van der Waals surface area contributed by atoms with Gasteiger partial charge in [0.1, 0.15) is 0 Å². The summed E-state index contributed by atoms with van der Waals surface area (Å²) in [5, 5.41) is 0. The van der Waals surface area contributed by atoms with E-state index in [1.54, 1.807) is 7.11 Å². The highest BCUT2D eigenvalue weighted by atomic mass is 16.5. The summed E-state index contributed by atoms with van der Waals surface area (Å²) in [6, 6.07) is 0. The second-order valence-corrected chi connectivity index (χ2v) is 3.62. The quantitative estimate of drug-likeness (QED) is 0.366. The van der Waals surface area contributed by atoms with Gasteiger partial charge in [0, 0.05) is 19.6 Å². The number of ether oxygens (including phenoxy) is 1. The van der Waals surface area contributed by atoms with Crippen molar-refractivity contribution in [3.8, 4) is 0 Å². The van der Waals surface area contributed by atoms with Gasteiger partial charge < -0.3 is 4.74 Å². The fourth-order valence-corrected chi connectivity index (χ4v) is 1.30. The summed E-state index contributed by atoms with van der Waals surface area (Å²) in [5.41, 5.74) is 2.18. The highest BCUT2D eigenvalue weighted by Gasteiger charge is 2.18. The normalized spacial score (nSPS) is 13.0. The standard InChI is InChI=1S/C9H20N2O2/c1-7(2)6-8(4-5-13-3)9(12)11-10/h7-8H,4-6,10H2,1-3H3,(H,11,12). The number of carbonyl (C=O) groups excluding carboxylic acids is 1. The van der Waals surface area contributed by atoms with Gasteiger partial charge in [0.05, 0.1) is 0 Å². The van der Waals surface area contributed by atoms with Crippen LogP contribution < -0.4 is 11.3 Å². The van der Waals surface area contributed by atoms with Gasteiger partial charge in [0.2, 0.25) is 5.91 Å². The third-order valence-corrected chi connectivity index (χ3v) is 1.94. The summed E-state index contributed by atoms with van der Waals surface area (Å²) in [6.07, 6.45) is 1.59. The van der Waals surface area contributed by atoms with Gasteiger partial charge in [-0.15, -0.1) is 0 Å². The third-order valence-electron chi connectivity index (χ3n) is 1.94. The first-order valence-electron chi connectivity index (χ1n) is 4.61. The lowest BCUT2D eigenvalue weighted by molar-refractivity contribution is -0.126. The maximum atomic E-state index is 11.3. The van der Waals surface area contributed by atoms with Gasteiger partial charge in [-0.3, -0.25) is 10.2 Å². The lowest BCUT2D eigenvalue weighted by Gasteiger charge is -2.16. The number of hydrogen-bond donors (Lipinski definition) is 2. The topological polar surface area (TPSA) is 64.3 Å². The monoisotopic (exact) mass is 188 g/mol. The average molecular weight is 188 g/mol. The Morgan fingerprint density at radius 2 is 2.15 bits per heavy atom. The Bertz CT molecular complexity index is 149. The van der Waals surface area contributed by atoms with Gasteiger partial charge >= 0.3 is 0 Å². The Morgan fingerprint density at radius 1 is 1.54 bits per heavy atom. The highest BCUT2D eigenvalue weighted by Crippen LogP contribution is 2.15. The Labute approximate surface area is 79.8 Å². The number of nitrogens with one attached hydrogen (secondary N) is 1. The third kappa shape index (κ3) is 5.60. The number of hydrogen-bond acceptors (Lipinski definition) is 3. The molecule has 0 aliphatic rings. The summed E-state index contributed by atoms with van der Waals surface area (Å²) in [6.45, 7) is 4.78. The number of nitrogens with two attached hydrogens (primary N) is 1. The molecule has 0 bridgehead atoms. The minimum absolute atomic E-state index is 0.0232. The summed E-state index contributed by atoms with van der Waals surface area (Å²) >= 11 is 0. The van der Waals surface area contributed by atoms with Gasteiger partial charge in [-0.05, 0) is 18.8 Å². The van der Waals surface area contributed by atoms with E-state index in [0.29, 0.717) is 12.5 Å². The minimum atomic E-state index is -0.0919. The van der Waals surface area contributed by atoms with Crippen molar-refractivity contribution in [1.29, 1.82) is 0 Å². The predicted molar refractivity (Wildman–Crippen MR) is 51.8 cm³/mol. The lowest BCUT2D eigenvalue weighted by atomic mass is 9.94. The molecule has 0 radical (unpaired) electrons. The van der Waals surface area contributed by atoms with Gasteiger partial charge in [0.15, 0.2) is 0 Å². The molecule has 4 heteroatoms. The van der Waals surface area contributed by atoms with E-state index >= 15 is 0 Å². The molecule has 1 atom stereocenters. The molecule has 0 saturated heterocycles. The minimum Gasteiger partial charge on any atom is -0.385 e. The molecular weight excluding hydrogens is 168 g/mol. The van der Waals surface area contributed by atoms with E-state index in [2.05, 4.69) is 19.3 Å². The van der Waals surface area contributed by atoms with Crippen LogP contribution in [0.2, 0.25) is 0 Å². The number of methoxy groups -OCH3 is 1. The van der Waals surface area contributed by atoms with Crippen molar-refractivity contribution in [2.45, 2.75) is 26.7 Å². The second kappa shape index (κ2) is 6.86. The molecule has 3 N–H and O–H groups in total. The molecule has 0 heterocycles. The SMILES string of the molecule is COCCC(CC(C)C)C(=O)NN. The van der Waals surface area contributed by atoms with E-state index in [9.17, 15) is 4.79 Å². The molecule has 0 aromatic rings. The molecule has 13 heavy (non-hydrogen) atoms. The van der Waals surface area contributed by atoms with Crippen LogP contribution in [0.15, 0.2) is 0 Å². The largest absolute Gasteiger partial charge is 0.385 e. The van der Waals surface area contributed by atoms with Gasteiger partial charge in [0.25, 0.3) is 0 Å². The first-order valence-corrected chi connectivity index (χ1v) is 4.61. The molecule has 0 fully saturated rings. The average Bonchev–Trinajstić information content (AvgIpc) is 2.10. The molecule has 0 aliphatic carbocycles. The van der Waals surface area contributed by atoms with E-state index in [1.165, 1.54) is 0 Å². The summed E-state index contributed by atoms with van der Waals surface area (Å²) in [4.78, 5) is 11.3. The number of carbonyl (C=O) groups is 1. The van der Waals surface area contributed by atoms with Crippen LogP contribution >= 0.6 is 0 Å². The molecular formula is C9H20N2O2. The van der Waals surface area contributed by atoms with Crippen molar-refractivity contribution < 1.29 is 9.53 Å².